The third-order valence-corrected chi connectivity index (χ3v) is 5.14. The second-order valence-corrected chi connectivity index (χ2v) is 7.18. The van der Waals surface area contributed by atoms with Crippen LogP contribution in [0.2, 0.25) is 0 Å². The lowest BCUT2D eigenvalue weighted by atomic mass is 10.0. The predicted molar refractivity (Wildman–Crippen MR) is 108 cm³/mol. The minimum Gasteiger partial charge on any atom is -0.492 e. The summed E-state index contributed by atoms with van der Waals surface area (Å²) in [4.78, 5) is 25.0. The van der Waals surface area contributed by atoms with Gasteiger partial charge in [0.2, 0.25) is 5.91 Å². The van der Waals surface area contributed by atoms with Crippen LogP contribution in [0.1, 0.15) is 37.7 Å². The number of benzene rings is 2. The average Bonchev–Trinajstić information content (AvgIpc) is 2.72. The number of piperidine rings is 1. The summed E-state index contributed by atoms with van der Waals surface area (Å²) in [7, 11) is 0. The zero-order chi connectivity index (χ0) is 19.8. The molecule has 0 saturated carbocycles. The van der Waals surface area contributed by atoms with Gasteiger partial charge in [0, 0.05) is 25.1 Å². The average molecular weight is 384 g/mol. The van der Waals surface area contributed by atoms with E-state index in [0.29, 0.717) is 13.2 Å². The lowest BCUT2D eigenvalue weighted by Crippen LogP contribution is -2.33. The van der Waals surface area contributed by atoms with Crippen LogP contribution in [0.15, 0.2) is 36.4 Å². The highest BCUT2D eigenvalue weighted by atomic mass is 16.5. The molecule has 0 unspecified atom stereocenters. The van der Waals surface area contributed by atoms with E-state index in [1.54, 1.807) is 0 Å². The minimum atomic E-state index is -0.970. The number of rotatable bonds is 9. The molecule has 0 bridgehead atoms. The molecule has 0 atom stereocenters. The highest BCUT2D eigenvalue weighted by Gasteiger charge is 2.13. The first-order chi connectivity index (χ1) is 13.6. The van der Waals surface area contributed by atoms with E-state index in [4.69, 9.17) is 9.84 Å². The highest BCUT2D eigenvalue weighted by molar-refractivity contribution is 5.88. The van der Waals surface area contributed by atoms with Crippen molar-refractivity contribution < 1.29 is 19.4 Å². The maximum absolute atomic E-state index is 12.0. The summed E-state index contributed by atoms with van der Waals surface area (Å²) in [6.45, 7) is 4.09. The lowest BCUT2D eigenvalue weighted by Gasteiger charge is -2.26. The van der Waals surface area contributed by atoms with Gasteiger partial charge >= 0.3 is 5.97 Å². The van der Waals surface area contributed by atoms with Crippen molar-refractivity contribution in [2.24, 2.45) is 0 Å². The zero-order valence-electron chi connectivity index (χ0n) is 16.2. The van der Waals surface area contributed by atoms with Crippen molar-refractivity contribution in [2.75, 3.05) is 26.2 Å². The van der Waals surface area contributed by atoms with Gasteiger partial charge in [0.05, 0.1) is 6.42 Å². The third kappa shape index (κ3) is 5.70. The minimum absolute atomic E-state index is 0.0226. The van der Waals surface area contributed by atoms with Gasteiger partial charge in [0.15, 0.2) is 0 Å². The molecule has 1 saturated heterocycles. The van der Waals surface area contributed by atoms with Crippen LogP contribution < -0.4 is 10.1 Å². The molecule has 0 aromatic heterocycles. The number of hydrogen-bond acceptors (Lipinski definition) is 4. The number of ether oxygens (including phenoxy) is 1. The Labute approximate surface area is 165 Å². The van der Waals surface area contributed by atoms with E-state index in [1.807, 2.05) is 36.4 Å². The summed E-state index contributed by atoms with van der Waals surface area (Å²) in [6, 6.07) is 12.0. The largest absolute Gasteiger partial charge is 0.492 e. The molecule has 1 heterocycles. The van der Waals surface area contributed by atoms with Crippen molar-refractivity contribution in [3.63, 3.8) is 0 Å². The SMILES string of the molecule is O=C(O)CCC(=O)NCc1c(OCCN2CCCCC2)ccc2ccccc12. The van der Waals surface area contributed by atoms with Gasteiger partial charge in [-0.3, -0.25) is 14.5 Å². The van der Waals surface area contributed by atoms with Crippen molar-refractivity contribution in [1.82, 2.24) is 10.2 Å². The fourth-order valence-corrected chi connectivity index (χ4v) is 3.60. The van der Waals surface area contributed by atoms with Crippen molar-refractivity contribution in [2.45, 2.75) is 38.6 Å². The summed E-state index contributed by atoms with van der Waals surface area (Å²) in [6.07, 6.45) is 3.63. The Kier molecular flexibility index (Phi) is 7.25. The van der Waals surface area contributed by atoms with Gasteiger partial charge in [0.25, 0.3) is 0 Å². The summed E-state index contributed by atoms with van der Waals surface area (Å²) < 4.78 is 6.09. The number of carbonyl (C=O) groups excluding carboxylic acids is 1. The van der Waals surface area contributed by atoms with Crippen LogP contribution in [0.5, 0.6) is 5.75 Å². The predicted octanol–water partition coefficient (Wildman–Crippen LogP) is 3.19. The van der Waals surface area contributed by atoms with Crippen LogP contribution in [0.4, 0.5) is 0 Å². The van der Waals surface area contributed by atoms with Gasteiger partial charge in [-0.25, -0.2) is 0 Å². The monoisotopic (exact) mass is 384 g/mol. The highest BCUT2D eigenvalue weighted by Crippen LogP contribution is 2.28. The van der Waals surface area contributed by atoms with E-state index in [2.05, 4.69) is 10.2 Å². The van der Waals surface area contributed by atoms with E-state index in [-0.39, 0.29) is 18.7 Å². The number of likely N-dealkylation sites (tertiary alicyclic amines) is 1. The number of hydrogen-bond donors (Lipinski definition) is 2. The Morgan fingerprint density at radius 2 is 1.82 bits per heavy atom. The van der Waals surface area contributed by atoms with Crippen LogP contribution in [0, 0.1) is 0 Å². The number of carboxylic acids is 1. The number of carbonyl (C=O) groups is 2. The first-order valence-corrected chi connectivity index (χ1v) is 9.98. The molecule has 28 heavy (non-hydrogen) atoms. The van der Waals surface area contributed by atoms with Gasteiger partial charge in [0.1, 0.15) is 12.4 Å². The number of nitrogens with zero attached hydrogens (tertiary/aromatic N) is 1. The first-order valence-electron chi connectivity index (χ1n) is 9.98. The van der Waals surface area contributed by atoms with E-state index in [9.17, 15) is 9.59 Å². The van der Waals surface area contributed by atoms with E-state index in [1.165, 1.54) is 19.3 Å². The molecule has 1 aliphatic heterocycles. The number of aliphatic carboxylic acids is 1. The number of fused-ring (bicyclic) bond motifs is 1. The quantitative estimate of drug-likeness (QED) is 0.694. The molecule has 1 amide bonds. The third-order valence-electron chi connectivity index (χ3n) is 5.14. The number of nitrogens with one attached hydrogen (secondary N) is 1. The summed E-state index contributed by atoms with van der Waals surface area (Å²) >= 11 is 0. The Balaban J connectivity index is 1.67. The molecule has 0 radical (unpaired) electrons. The van der Waals surface area contributed by atoms with Crippen LogP contribution in [0.3, 0.4) is 0 Å². The Hall–Kier alpha value is -2.60. The van der Waals surface area contributed by atoms with E-state index >= 15 is 0 Å². The number of carboxylic acid groups (broad SMARTS) is 1. The summed E-state index contributed by atoms with van der Waals surface area (Å²) in [5.74, 6) is -0.467. The van der Waals surface area contributed by atoms with Crippen molar-refractivity contribution in [1.29, 1.82) is 0 Å². The van der Waals surface area contributed by atoms with E-state index < -0.39 is 5.97 Å². The first kappa shape index (κ1) is 20.1. The maximum Gasteiger partial charge on any atom is 0.303 e. The smallest absolute Gasteiger partial charge is 0.303 e. The molecule has 1 fully saturated rings. The molecule has 2 N–H and O–H groups in total. The Morgan fingerprint density at radius 3 is 2.61 bits per heavy atom. The van der Waals surface area contributed by atoms with Crippen LogP contribution in [-0.4, -0.2) is 48.1 Å². The molecule has 6 heteroatoms. The van der Waals surface area contributed by atoms with Gasteiger partial charge in [-0.2, -0.15) is 0 Å². The van der Waals surface area contributed by atoms with Gasteiger partial charge < -0.3 is 15.2 Å². The van der Waals surface area contributed by atoms with Crippen LogP contribution >= 0.6 is 0 Å². The van der Waals surface area contributed by atoms with Gasteiger partial charge in [-0.1, -0.05) is 36.8 Å². The molecule has 6 nitrogen and oxygen atoms in total. The summed E-state index contributed by atoms with van der Waals surface area (Å²) in [5.41, 5.74) is 0.931. The molecular formula is C22H28N2O4. The molecule has 0 aliphatic carbocycles. The molecule has 1 aliphatic rings. The molecule has 2 aromatic rings. The molecule has 0 spiro atoms. The fraction of sp³-hybridized carbons (Fsp3) is 0.455. The van der Waals surface area contributed by atoms with Gasteiger partial charge in [-0.05, 0) is 42.8 Å². The van der Waals surface area contributed by atoms with Crippen molar-refractivity contribution in [3.8, 4) is 5.75 Å². The van der Waals surface area contributed by atoms with Crippen LogP contribution in [-0.2, 0) is 16.1 Å². The molecule has 150 valence electrons. The van der Waals surface area contributed by atoms with Gasteiger partial charge in [-0.15, -0.1) is 0 Å². The zero-order valence-corrected chi connectivity index (χ0v) is 16.2. The summed E-state index contributed by atoms with van der Waals surface area (Å²) in [5, 5.41) is 13.7. The maximum atomic E-state index is 12.0. The normalized spacial score (nSPS) is 14.7. The Bertz CT molecular complexity index is 815. The van der Waals surface area contributed by atoms with Crippen molar-refractivity contribution >= 4 is 22.6 Å². The number of amides is 1. The standard InChI is InChI=1S/C22H28N2O4/c25-21(10-11-22(26)27)23-16-19-18-7-3-2-6-17(18)8-9-20(19)28-15-14-24-12-4-1-5-13-24/h2-3,6-9H,1,4-5,10-16H2,(H,23,25)(H,26,27). The fourth-order valence-electron chi connectivity index (χ4n) is 3.60. The topological polar surface area (TPSA) is 78.9 Å². The second kappa shape index (κ2) is 10.1. The molecular weight excluding hydrogens is 356 g/mol. The molecule has 2 aromatic carbocycles. The van der Waals surface area contributed by atoms with Crippen LogP contribution in [0.25, 0.3) is 10.8 Å². The Morgan fingerprint density at radius 1 is 1.04 bits per heavy atom. The second-order valence-electron chi connectivity index (χ2n) is 7.18. The molecule has 3 rings (SSSR count). The van der Waals surface area contributed by atoms with E-state index in [0.717, 1.165) is 41.7 Å². The van der Waals surface area contributed by atoms with Crippen molar-refractivity contribution in [3.05, 3.63) is 42.0 Å². The lowest BCUT2D eigenvalue weighted by molar-refractivity contribution is -0.138.